The fraction of sp³-hybridized carbons (Fsp3) is 0.615. The van der Waals surface area contributed by atoms with Crippen LogP contribution in [0.5, 0.6) is 0 Å². The highest BCUT2D eigenvalue weighted by Crippen LogP contribution is 2.05. The van der Waals surface area contributed by atoms with Crippen molar-refractivity contribution in [1.29, 1.82) is 0 Å². The second kappa shape index (κ2) is 12.3. The molecule has 2 amide bonds. The van der Waals surface area contributed by atoms with Gasteiger partial charge in [-0.1, -0.05) is 0 Å². The number of thioether (sulfide) groups is 1. The van der Waals surface area contributed by atoms with E-state index in [4.69, 9.17) is 15.9 Å². The molecule has 0 heterocycles. The van der Waals surface area contributed by atoms with Gasteiger partial charge < -0.3 is 31.4 Å². The Labute approximate surface area is 142 Å². The van der Waals surface area contributed by atoms with Gasteiger partial charge >= 0.3 is 11.9 Å². The molecule has 0 bridgehead atoms. The Morgan fingerprint density at radius 2 is 1.88 bits per heavy atom. The number of rotatable bonds is 13. The lowest BCUT2D eigenvalue weighted by Gasteiger charge is -2.18. The van der Waals surface area contributed by atoms with Crippen molar-refractivity contribution >= 4 is 41.8 Å². The number of carboxylic acids is 2. The highest BCUT2D eigenvalue weighted by Gasteiger charge is 2.22. The molecule has 0 aliphatic heterocycles. The average Bonchev–Trinajstić information content (AvgIpc) is 2.52. The molecule has 0 aromatic rings. The number of nitrogens with one attached hydrogen (secondary N) is 2. The van der Waals surface area contributed by atoms with Crippen molar-refractivity contribution in [2.24, 2.45) is 5.73 Å². The Hall–Kier alpha value is -2.14. The summed E-state index contributed by atoms with van der Waals surface area (Å²) in [5.41, 5.74) is 5.29. The maximum absolute atomic E-state index is 11.9. The maximum atomic E-state index is 11.9. The third-order valence-electron chi connectivity index (χ3n) is 2.73. The zero-order valence-electron chi connectivity index (χ0n) is 12.9. The van der Waals surface area contributed by atoms with Crippen molar-refractivity contribution in [2.75, 3.05) is 18.1 Å². The van der Waals surface area contributed by atoms with E-state index in [0.717, 1.165) is 6.29 Å². The van der Waals surface area contributed by atoms with Crippen LogP contribution in [0, 0.1) is 0 Å². The number of carbonyl (C=O) groups is 5. The van der Waals surface area contributed by atoms with Crippen LogP contribution in [-0.4, -0.2) is 70.4 Å². The lowest BCUT2D eigenvalue weighted by Crippen LogP contribution is -2.49. The van der Waals surface area contributed by atoms with Gasteiger partial charge in [0.1, 0.15) is 24.9 Å². The molecule has 10 nitrogen and oxygen atoms in total. The van der Waals surface area contributed by atoms with Crippen LogP contribution < -0.4 is 16.4 Å². The van der Waals surface area contributed by atoms with Gasteiger partial charge in [0, 0.05) is 18.6 Å². The molecule has 0 spiro atoms. The molecule has 0 unspecified atom stereocenters. The number of aldehydes is 1. The molecule has 0 fully saturated rings. The summed E-state index contributed by atoms with van der Waals surface area (Å²) in [4.78, 5) is 55.0. The third-order valence-corrected chi connectivity index (χ3v) is 3.82. The van der Waals surface area contributed by atoms with E-state index >= 15 is 0 Å². The van der Waals surface area contributed by atoms with Crippen molar-refractivity contribution < 1.29 is 34.2 Å². The quantitative estimate of drug-likeness (QED) is 0.186. The number of nitrogens with two attached hydrogens (primary N) is 1. The fourth-order valence-electron chi connectivity index (χ4n) is 1.48. The number of carboxylic acid groups (broad SMARTS) is 2. The van der Waals surface area contributed by atoms with E-state index in [9.17, 15) is 24.0 Å². The van der Waals surface area contributed by atoms with Gasteiger partial charge in [-0.3, -0.25) is 19.2 Å². The summed E-state index contributed by atoms with van der Waals surface area (Å²) in [6, 6.07) is -2.17. The SMILES string of the molecule is N[C@@H](CCC(=O)N[C@@H](CSCCC=O)C(=O)NCC(=O)O)C(=O)O. The molecule has 11 heteroatoms. The first-order valence-electron chi connectivity index (χ1n) is 7.06. The molecule has 0 saturated heterocycles. The minimum absolute atomic E-state index is 0.0943. The summed E-state index contributed by atoms with van der Waals surface area (Å²) in [7, 11) is 0. The normalized spacial score (nSPS) is 12.7. The molecular formula is C13H21N3O7S. The van der Waals surface area contributed by atoms with Crippen molar-refractivity contribution in [3.8, 4) is 0 Å². The Balaban J connectivity index is 4.51. The van der Waals surface area contributed by atoms with Crippen LogP contribution in [-0.2, 0) is 24.0 Å². The first-order chi connectivity index (χ1) is 11.3. The van der Waals surface area contributed by atoms with E-state index in [0.29, 0.717) is 5.75 Å². The molecule has 136 valence electrons. The molecule has 0 aromatic heterocycles. The van der Waals surface area contributed by atoms with Crippen molar-refractivity contribution in [1.82, 2.24) is 10.6 Å². The summed E-state index contributed by atoms with van der Waals surface area (Å²) < 4.78 is 0. The zero-order chi connectivity index (χ0) is 18.5. The van der Waals surface area contributed by atoms with Crippen LogP contribution in [0.1, 0.15) is 19.3 Å². The number of hydrogen-bond acceptors (Lipinski definition) is 7. The summed E-state index contributed by atoms with van der Waals surface area (Å²) in [6.45, 7) is -0.589. The van der Waals surface area contributed by atoms with Crippen LogP contribution in [0.25, 0.3) is 0 Å². The maximum Gasteiger partial charge on any atom is 0.322 e. The van der Waals surface area contributed by atoms with Gasteiger partial charge in [-0.25, -0.2) is 0 Å². The number of carbonyl (C=O) groups excluding carboxylic acids is 3. The van der Waals surface area contributed by atoms with Crippen molar-refractivity contribution in [2.45, 2.75) is 31.3 Å². The van der Waals surface area contributed by atoms with Gasteiger partial charge in [0.2, 0.25) is 11.8 Å². The number of aliphatic carboxylic acids is 2. The first-order valence-corrected chi connectivity index (χ1v) is 8.22. The molecule has 24 heavy (non-hydrogen) atoms. The van der Waals surface area contributed by atoms with Crippen LogP contribution in [0.2, 0.25) is 0 Å². The Morgan fingerprint density at radius 1 is 1.21 bits per heavy atom. The van der Waals surface area contributed by atoms with Gasteiger partial charge in [0.05, 0.1) is 0 Å². The van der Waals surface area contributed by atoms with E-state index in [1.54, 1.807) is 0 Å². The van der Waals surface area contributed by atoms with Gasteiger partial charge in [-0.05, 0) is 12.2 Å². The fourth-order valence-corrected chi connectivity index (χ4v) is 2.38. The Morgan fingerprint density at radius 3 is 2.42 bits per heavy atom. The minimum Gasteiger partial charge on any atom is -0.480 e. The molecule has 0 radical (unpaired) electrons. The predicted molar refractivity (Wildman–Crippen MR) is 85.4 cm³/mol. The molecule has 0 saturated carbocycles. The molecule has 0 aliphatic rings. The van der Waals surface area contributed by atoms with Gasteiger partial charge in [-0.2, -0.15) is 11.8 Å². The second-order valence-corrected chi connectivity index (χ2v) is 5.90. The largest absolute Gasteiger partial charge is 0.480 e. The van der Waals surface area contributed by atoms with E-state index in [1.165, 1.54) is 11.8 Å². The van der Waals surface area contributed by atoms with Crippen LogP contribution >= 0.6 is 11.8 Å². The summed E-state index contributed by atoms with van der Waals surface area (Å²) in [6.07, 6.45) is 0.728. The van der Waals surface area contributed by atoms with E-state index in [1.807, 2.05) is 0 Å². The molecular weight excluding hydrogens is 342 g/mol. The molecule has 0 rings (SSSR count). The monoisotopic (exact) mass is 363 g/mol. The van der Waals surface area contributed by atoms with Crippen LogP contribution in [0.4, 0.5) is 0 Å². The van der Waals surface area contributed by atoms with Crippen molar-refractivity contribution in [3.05, 3.63) is 0 Å². The van der Waals surface area contributed by atoms with Crippen LogP contribution in [0.15, 0.2) is 0 Å². The van der Waals surface area contributed by atoms with E-state index < -0.39 is 42.4 Å². The lowest BCUT2D eigenvalue weighted by atomic mass is 10.1. The number of amides is 2. The van der Waals surface area contributed by atoms with Crippen LogP contribution in [0.3, 0.4) is 0 Å². The zero-order valence-corrected chi connectivity index (χ0v) is 13.7. The summed E-state index contributed by atoms with van der Waals surface area (Å²) >= 11 is 1.25. The predicted octanol–water partition coefficient (Wildman–Crippen LogP) is -1.81. The Kier molecular flexibility index (Phi) is 11.2. The summed E-state index contributed by atoms with van der Waals surface area (Å²) in [5, 5.41) is 21.8. The Bertz CT molecular complexity index is 472. The van der Waals surface area contributed by atoms with E-state index in [-0.39, 0.29) is 25.0 Å². The van der Waals surface area contributed by atoms with Gasteiger partial charge in [0.15, 0.2) is 0 Å². The average molecular weight is 363 g/mol. The van der Waals surface area contributed by atoms with Gasteiger partial charge in [-0.15, -0.1) is 0 Å². The second-order valence-electron chi connectivity index (χ2n) is 4.75. The molecule has 0 aliphatic carbocycles. The third kappa shape index (κ3) is 10.6. The topological polar surface area (TPSA) is 176 Å². The molecule has 0 aromatic carbocycles. The smallest absolute Gasteiger partial charge is 0.322 e. The highest BCUT2D eigenvalue weighted by molar-refractivity contribution is 7.99. The minimum atomic E-state index is -1.23. The lowest BCUT2D eigenvalue weighted by molar-refractivity contribution is -0.139. The first kappa shape index (κ1) is 21.9. The van der Waals surface area contributed by atoms with Crippen molar-refractivity contribution in [3.63, 3.8) is 0 Å². The van der Waals surface area contributed by atoms with Gasteiger partial charge in [0.25, 0.3) is 0 Å². The highest BCUT2D eigenvalue weighted by atomic mass is 32.2. The molecule has 2 atom stereocenters. The molecule has 6 N–H and O–H groups in total. The van der Waals surface area contributed by atoms with E-state index in [2.05, 4.69) is 10.6 Å². The number of hydrogen-bond donors (Lipinski definition) is 5. The standard InChI is InChI=1S/C13H21N3O7S/c14-8(13(22)23)2-3-10(18)16-9(7-24-5-1-4-17)12(21)15-6-11(19)20/h4,8-9H,1-3,5-7,14H2,(H,15,21)(H,16,18)(H,19,20)(H,22,23)/t8-,9-/m0/s1. The summed E-state index contributed by atoms with van der Waals surface area (Å²) in [5.74, 6) is -3.11.